The molecule has 9 heteroatoms. The minimum Gasteiger partial charge on any atom is -0.456 e. The van der Waals surface area contributed by atoms with Crippen molar-refractivity contribution in [3.8, 4) is 0 Å². The summed E-state index contributed by atoms with van der Waals surface area (Å²) in [5.74, 6) is -1.58. The molecular weight excluding hydrogens is 382 g/mol. The minimum atomic E-state index is -3.15. The number of carbonyl (C=O) groups excluding carboxylic acids is 3. The standard InChI is InChI=1S/C17H20ClNO6S/c1-17(8-9-26(23,24)11-17)19-15(21)10-25-16(22)7-6-14(20)12-2-4-13(18)5-3-12/h2-5H,6-11H2,1H3,(H,19,21)/t17-/m1/s1. The molecule has 0 bridgehead atoms. The fourth-order valence-corrected chi connectivity index (χ4v) is 4.91. The molecule has 0 spiro atoms. The van der Waals surface area contributed by atoms with E-state index < -0.39 is 33.9 Å². The summed E-state index contributed by atoms with van der Waals surface area (Å²) in [5.41, 5.74) is -0.400. The van der Waals surface area contributed by atoms with Gasteiger partial charge in [-0.3, -0.25) is 14.4 Å². The first-order valence-corrected chi connectivity index (χ1v) is 10.2. The number of rotatable bonds is 7. The molecule has 1 heterocycles. The Morgan fingerprint density at radius 1 is 1.19 bits per heavy atom. The van der Waals surface area contributed by atoms with Crippen molar-refractivity contribution in [3.63, 3.8) is 0 Å². The number of Topliss-reactive ketones (excluding diaryl/α,β-unsaturated/α-hetero) is 1. The van der Waals surface area contributed by atoms with Crippen molar-refractivity contribution < 1.29 is 27.5 Å². The molecule has 1 aliphatic rings. The number of carbonyl (C=O) groups is 3. The highest BCUT2D eigenvalue weighted by Gasteiger charge is 2.39. The molecule has 0 saturated carbocycles. The molecule has 1 N–H and O–H groups in total. The van der Waals surface area contributed by atoms with E-state index in [0.717, 1.165) is 0 Å². The molecule has 1 atom stereocenters. The number of esters is 1. The van der Waals surface area contributed by atoms with Crippen LogP contribution in [0.15, 0.2) is 24.3 Å². The van der Waals surface area contributed by atoms with Crippen LogP contribution in [0.2, 0.25) is 5.02 Å². The van der Waals surface area contributed by atoms with Crippen LogP contribution in [0.5, 0.6) is 0 Å². The van der Waals surface area contributed by atoms with Gasteiger partial charge in [-0.1, -0.05) is 11.6 Å². The summed E-state index contributed by atoms with van der Waals surface area (Å²) in [4.78, 5) is 35.5. The predicted octanol–water partition coefficient (Wildman–Crippen LogP) is 1.54. The van der Waals surface area contributed by atoms with Crippen LogP contribution in [-0.2, 0) is 24.2 Å². The van der Waals surface area contributed by atoms with Crippen molar-refractivity contribution in [2.75, 3.05) is 18.1 Å². The third-order valence-corrected chi connectivity index (χ3v) is 6.19. The summed E-state index contributed by atoms with van der Waals surface area (Å²) in [6.45, 7) is 1.13. The molecule has 1 aromatic carbocycles. The molecule has 1 amide bonds. The number of halogens is 1. The van der Waals surface area contributed by atoms with Crippen LogP contribution in [-0.4, -0.2) is 49.7 Å². The van der Waals surface area contributed by atoms with Crippen molar-refractivity contribution in [3.05, 3.63) is 34.9 Å². The van der Waals surface area contributed by atoms with Crippen LogP contribution in [0.4, 0.5) is 0 Å². The highest BCUT2D eigenvalue weighted by Crippen LogP contribution is 2.22. The molecule has 0 unspecified atom stereocenters. The van der Waals surface area contributed by atoms with Gasteiger partial charge in [-0.25, -0.2) is 8.42 Å². The highest BCUT2D eigenvalue weighted by molar-refractivity contribution is 7.91. The largest absolute Gasteiger partial charge is 0.456 e. The van der Waals surface area contributed by atoms with Gasteiger partial charge < -0.3 is 10.1 Å². The Kier molecular flexibility index (Phi) is 6.41. The van der Waals surface area contributed by atoms with E-state index in [1.165, 1.54) is 0 Å². The normalized spacial score (nSPS) is 21.2. The van der Waals surface area contributed by atoms with Crippen molar-refractivity contribution in [1.82, 2.24) is 5.32 Å². The van der Waals surface area contributed by atoms with E-state index in [9.17, 15) is 22.8 Å². The maximum absolute atomic E-state index is 11.9. The second-order valence-electron chi connectivity index (χ2n) is 6.54. The number of hydrogen-bond donors (Lipinski definition) is 1. The molecule has 2 rings (SSSR count). The number of sulfone groups is 1. The van der Waals surface area contributed by atoms with E-state index in [1.54, 1.807) is 31.2 Å². The summed E-state index contributed by atoms with van der Waals surface area (Å²) < 4.78 is 27.8. The first kappa shape index (κ1) is 20.4. The van der Waals surface area contributed by atoms with Gasteiger partial charge in [0.25, 0.3) is 5.91 Å². The van der Waals surface area contributed by atoms with Crippen LogP contribution in [0, 0.1) is 0 Å². The monoisotopic (exact) mass is 401 g/mol. The van der Waals surface area contributed by atoms with E-state index in [0.29, 0.717) is 17.0 Å². The van der Waals surface area contributed by atoms with Gasteiger partial charge in [-0.15, -0.1) is 0 Å². The Morgan fingerprint density at radius 2 is 1.85 bits per heavy atom. The molecule has 142 valence electrons. The first-order valence-electron chi connectivity index (χ1n) is 8.04. The number of hydrogen-bond acceptors (Lipinski definition) is 6. The molecule has 0 aliphatic carbocycles. The van der Waals surface area contributed by atoms with Gasteiger partial charge in [0.2, 0.25) is 0 Å². The number of ether oxygens (including phenoxy) is 1. The van der Waals surface area contributed by atoms with Crippen LogP contribution in [0.1, 0.15) is 36.5 Å². The van der Waals surface area contributed by atoms with Gasteiger partial charge in [0.1, 0.15) is 0 Å². The average molecular weight is 402 g/mol. The zero-order valence-corrected chi connectivity index (χ0v) is 15.9. The molecular formula is C17H20ClNO6S. The van der Waals surface area contributed by atoms with Crippen molar-refractivity contribution >= 4 is 39.1 Å². The molecule has 0 radical (unpaired) electrons. The van der Waals surface area contributed by atoms with Crippen LogP contribution in [0.3, 0.4) is 0 Å². The van der Waals surface area contributed by atoms with E-state index >= 15 is 0 Å². The zero-order chi connectivity index (χ0) is 19.4. The third-order valence-electron chi connectivity index (χ3n) is 4.03. The molecule has 1 aromatic rings. The molecule has 26 heavy (non-hydrogen) atoms. The van der Waals surface area contributed by atoms with Crippen LogP contribution in [0.25, 0.3) is 0 Å². The summed E-state index contributed by atoms with van der Waals surface area (Å²) in [6, 6.07) is 6.31. The number of ketones is 1. The van der Waals surface area contributed by atoms with E-state index in [4.69, 9.17) is 16.3 Å². The van der Waals surface area contributed by atoms with Crippen molar-refractivity contribution in [2.45, 2.75) is 31.7 Å². The van der Waals surface area contributed by atoms with Gasteiger partial charge in [0, 0.05) is 17.0 Å². The Labute approximate surface area is 157 Å². The van der Waals surface area contributed by atoms with Gasteiger partial charge in [-0.2, -0.15) is 0 Å². The van der Waals surface area contributed by atoms with Gasteiger partial charge in [0.15, 0.2) is 22.2 Å². The molecule has 1 aliphatic heterocycles. The summed E-state index contributed by atoms with van der Waals surface area (Å²) in [7, 11) is -3.15. The summed E-state index contributed by atoms with van der Waals surface area (Å²) in [5, 5.41) is 3.10. The van der Waals surface area contributed by atoms with E-state index in [1.807, 2.05) is 0 Å². The Morgan fingerprint density at radius 3 is 2.42 bits per heavy atom. The minimum absolute atomic E-state index is 0.0242. The van der Waals surface area contributed by atoms with Gasteiger partial charge in [-0.05, 0) is 37.6 Å². The number of benzene rings is 1. The van der Waals surface area contributed by atoms with Gasteiger partial charge >= 0.3 is 5.97 Å². The summed E-state index contributed by atoms with van der Waals surface area (Å²) >= 11 is 5.74. The molecule has 1 saturated heterocycles. The lowest BCUT2D eigenvalue weighted by atomic mass is 10.0. The van der Waals surface area contributed by atoms with Crippen molar-refractivity contribution in [2.24, 2.45) is 0 Å². The van der Waals surface area contributed by atoms with E-state index in [-0.39, 0.29) is 30.1 Å². The quantitative estimate of drug-likeness (QED) is 0.548. The van der Waals surface area contributed by atoms with Crippen LogP contribution >= 0.6 is 11.6 Å². The lowest BCUT2D eigenvalue weighted by Crippen LogP contribution is -2.48. The average Bonchev–Trinajstić information content (AvgIpc) is 2.84. The second kappa shape index (κ2) is 8.18. The molecule has 1 fully saturated rings. The van der Waals surface area contributed by atoms with E-state index in [2.05, 4.69) is 5.32 Å². The number of nitrogens with one attached hydrogen (secondary N) is 1. The highest BCUT2D eigenvalue weighted by atomic mass is 35.5. The Bertz CT molecular complexity index is 805. The first-order chi connectivity index (χ1) is 12.1. The SMILES string of the molecule is C[C@@]1(NC(=O)COC(=O)CCC(=O)c2ccc(Cl)cc2)CCS(=O)(=O)C1. The van der Waals surface area contributed by atoms with Crippen molar-refractivity contribution in [1.29, 1.82) is 0 Å². The Balaban J connectivity index is 1.72. The zero-order valence-electron chi connectivity index (χ0n) is 14.3. The fraction of sp³-hybridized carbons (Fsp3) is 0.471. The smallest absolute Gasteiger partial charge is 0.306 e. The summed E-state index contributed by atoms with van der Waals surface area (Å²) in [6.07, 6.45) is 0.128. The lowest BCUT2D eigenvalue weighted by Gasteiger charge is -2.23. The maximum atomic E-state index is 11.9. The molecule has 7 nitrogen and oxygen atoms in total. The Hall–Kier alpha value is -1.93. The topological polar surface area (TPSA) is 107 Å². The molecule has 0 aromatic heterocycles. The van der Waals surface area contributed by atoms with Crippen LogP contribution < -0.4 is 5.32 Å². The predicted molar refractivity (Wildman–Crippen MR) is 95.8 cm³/mol. The third kappa shape index (κ3) is 6.10. The fourth-order valence-electron chi connectivity index (χ4n) is 2.70. The van der Waals surface area contributed by atoms with Gasteiger partial charge in [0.05, 0.1) is 23.5 Å². The maximum Gasteiger partial charge on any atom is 0.306 e. The number of amides is 1. The lowest BCUT2D eigenvalue weighted by molar-refractivity contribution is -0.148. The second-order valence-corrected chi connectivity index (χ2v) is 9.16.